The number of nitrogens with two attached hydrogens (primary N) is 1. The minimum Gasteiger partial charge on any atom is -0.399 e. The van der Waals surface area contributed by atoms with E-state index in [-0.39, 0.29) is 0 Å². The van der Waals surface area contributed by atoms with Gasteiger partial charge in [-0.05, 0) is 18.2 Å². The van der Waals surface area contributed by atoms with Gasteiger partial charge >= 0.3 is 0 Å². The normalized spacial score (nSPS) is 10.4. The van der Waals surface area contributed by atoms with Gasteiger partial charge in [-0.1, -0.05) is 12.1 Å². The van der Waals surface area contributed by atoms with Gasteiger partial charge in [-0.2, -0.15) is 4.68 Å². The Labute approximate surface area is 103 Å². The van der Waals surface area contributed by atoms with Crippen LogP contribution in [0.2, 0.25) is 0 Å². The van der Waals surface area contributed by atoms with Gasteiger partial charge in [-0.25, -0.2) is 15.0 Å². The Morgan fingerprint density at radius 2 is 1.83 bits per heavy atom. The fourth-order valence-corrected chi connectivity index (χ4v) is 1.58. The van der Waals surface area contributed by atoms with Crippen LogP contribution in [0.3, 0.4) is 0 Å². The van der Waals surface area contributed by atoms with Gasteiger partial charge in [-0.3, -0.25) is 0 Å². The van der Waals surface area contributed by atoms with E-state index in [0.29, 0.717) is 17.5 Å². The first-order valence-electron chi connectivity index (χ1n) is 5.38. The Morgan fingerprint density at radius 1 is 1.00 bits per heavy atom. The van der Waals surface area contributed by atoms with E-state index < -0.39 is 0 Å². The van der Waals surface area contributed by atoms with Crippen LogP contribution in [0.1, 0.15) is 0 Å². The predicted octanol–water partition coefficient (Wildman–Crippen LogP) is 1.31. The number of aromatic nitrogens is 5. The van der Waals surface area contributed by atoms with Gasteiger partial charge < -0.3 is 5.73 Å². The molecular formula is C12H10N6. The molecule has 2 N–H and O–H groups in total. The average Bonchev–Trinajstić information content (AvgIpc) is 2.89. The van der Waals surface area contributed by atoms with Crippen LogP contribution in [0, 0.1) is 0 Å². The number of hydrogen-bond acceptors (Lipinski definition) is 5. The van der Waals surface area contributed by atoms with E-state index in [2.05, 4.69) is 20.1 Å². The number of hydrogen-bond donors (Lipinski definition) is 1. The molecule has 2 aromatic heterocycles. The van der Waals surface area contributed by atoms with Crippen molar-refractivity contribution in [1.29, 1.82) is 0 Å². The van der Waals surface area contributed by atoms with Crippen molar-refractivity contribution in [3.8, 4) is 17.3 Å². The molecule has 1 aromatic carbocycles. The maximum atomic E-state index is 5.73. The zero-order valence-electron chi connectivity index (χ0n) is 9.43. The number of nitrogen functional groups attached to an aromatic ring is 1. The summed E-state index contributed by atoms with van der Waals surface area (Å²) < 4.78 is 1.53. The highest BCUT2D eigenvalue weighted by Crippen LogP contribution is 2.17. The van der Waals surface area contributed by atoms with Crippen LogP contribution in [-0.2, 0) is 0 Å². The number of rotatable bonds is 2. The molecule has 88 valence electrons. The number of nitrogens with zero attached hydrogens (tertiary/aromatic N) is 5. The SMILES string of the molecule is Nc1cccc(-c2ncn(-c3ncccn3)n2)c1. The van der Waals surface area contributed by atoms with E-state index in [1.807, 2.05) is 24.3 Å². The Kier molecular flexibility index (Phi) is 2.45. The number of anilines is 1. The second-order valence-corrected chi connectivity index (χ2v) is 3.69. The highest BCUT2D eigenvalue weighted by atomic mass is 15.4. The lowest BCUT2D eigenvalue weighted by atomic mass is 10.2. The summed E-state index contributed by atoms with van der Waals surface area (Å²) in [6, 6.07) is 9.16. The van der Waals surface area contributed by atoms with Crippen LogP contribution in [0.25, 0.3) is 17.3 Å². The molecule has 0 radical (unpaired) electrons. The summed E-state index contributed by atoms with van der Waals surface area (Å²) in [4.78, 5) is 12.4. The molecule has 6 nitrogen and oxygen atoms in total. The van der Waals surface area contributed by atoms with E-state index >= 15 is 0 Å². The third kappa shape index (κ3) is 1.91. The van der Waals surface area contributed by atoms with E-state index in [0.717, 1.165) is 5.56 Å². The quantitative estimate of drug-likeness (QED) is 0.680. The molecule has 0 unspecified atom stereocenters. The van der Waals surface area contributed by atoms with Crippen molar-refractivity contribution in [2.24, 2.45) is 0 Å². The van der Waals surface area contributed by atoms with Crippen molar-refractivity contribution in [1.82, 2.24) is 24.7 Å². The van der Waals surface area contributed by atoms with Crippen LogP contribution < -0.4 is 5.73 Å². The van der Waals surface area contributed by atoms with Crippen LogP contribution in [0.15, 0.2) is 49.1 Å². The molecule has 2 heterocycles. The lowest BCUT2D eigenvalue weighted by molar-refractivity contribution is 0.808. The average molecular weight is 238 g/mol. The van der Waals surface area contributed by atoms with Gasteiger partial charge in [0, 0.05) is 23.6 Å². The van der Waals surface area contributed by atoms with Crippen LogP contribution in [0.5, 0.6) is 0 Å². The summed E-state index contributed by atoms with van der Waals surface area (Å²) in [6.45, 7) is 0. The largest absolute Gasteiger partial charge is 0.399 e. The minimum absolute atomic E-state index is 0.486. The molecule has 0 saturated carbocycles. The van der Waals surface area contributed by atoms with E-state index in [9.17, 15) is 0 Å². The van der Waals surface area contributed by atoms with Crippen molar-refractivity contribution in [2.45, 2.75) is 0 Å². The van der Waals surface area contributed by atoms with E-state index in [1.54, 1.807) is 24.8 Å². The van der Waals surface area contributed by atoms with Crippen molar-refractivity contribution >= 4 is 5.69 Å². The Balaban J connectivity index is 2.00. The molecule has 0 aliphatic heterocycles. The molecule has 0 fully saturated rings. The van der Waals surface area contributed by atoms with Crippen molar-refractivity contribution < 1.29 is 0 Å². The van der Waals surface area contributed by atoms with Gasteiger partial charge in [0.1, 0.15) is 6.33 Å². The molecule has 0 bridgehead atoms. The summed E-state index contributed by atoms with van der Waals surface area (Å²) in [5.41, 5.74) is 7.27. The van der Waals surface area contributed by atoms with Gasteiger partial charge in [-0.15, -0.1) is 5.10 Å². The highest BCUT2D eigenvalue weighted by molar-refractivity contribution is 5.60. The van der Waals surface area contributed by atoms with Crippen molar-refractivity contribution in [2.75, 3.05) is 5.73 Å². The lowest BCUT2D eigenvalue weighted by Gasteiger charge is -1.97. The van der Waals surface area contributed by atoms with Crippen molar-refractivity contribution in [3.63, 3.8) is 0 Å². The summed E-state index contributed by atoms with van der Waals surface area (Å²) in [7, 11) is 0. The fourth-order valence-electron chi connectivity index (χ4n) is 1.58. The molecule has 0 saturated heterocycles. The van der Waals surface area contributed by atoms with Gasteiger partial charge in [0.2, 0.25) is 0 Å². The van der Waals surface area contributed by atoms with Crippen LogP contribution >= 0.6 is 0 Å². The first kappa shape index (κ1) is 10.4. The second-order valence-electron chi connectivity index (χ2n) is 3.69. The fraction of sp³-hybridized carbons (Fsp3) is 0. The summed E-state index contributed by atoms with van der Waals surface area (Å²) in [5.74, 6) is 1.08. The molecule has 0 aliphatic carbocycles. The zero-order valence-corrected chi connectivity index (χ0v) is 9.43. The second kappa shape index (κ2) is 4.25. The molecule has 0 amide bonds. The smallest absolute Gasteiger partial charge is 0.251 e. The topological polar surface area (TPSA) is 82.5 Å². The van der Waals surface area contributed by atoms with Gasteiger partial charge in [0.05, 0.1) is 0 Å². The summed E-state index contributed by atoms with van der Waals surface area (Å²) in [5, 5.41) is 4.32. The maximum absolute atomic E-state index is 5.73. The van der Waals surface area contributed by atoms with Gasteiger partial charge in [0.15, 0.2) is 5.82 Å². The molecule has 0 aliphatic rings. The predicted molar refractivity (Wildman–Crippen MR) is 66.8 cm³/mol. The lowest BCUT2D eigenvalue weighted by Crippen LogP contribution is -2.00. The molecule has 0 atom stereocenters. The summed E-state index contributed by atoms with van der Waals surface area (Å²) >= 11 is 0. The Morgan fingerprint density at radius 3 is 2.61 bits per heavy atom. The molecule has 3 rings (SSSR count). The molecule has 0 spiro atoms. The van der Waals surface area contributed by atoms with E-state index in [1.165, 1.54) is 4.68 Å². The first-order valence-corrected chi connectivity index (χ1v) is 5.38. The Hall–Kier alpha value is -2.76. The highest BCUT2D eigenvalue weighted by Gasteiger charge is 2.06. The monoisotopic (exact) mass is 238 g/mol. The molecule has 6 heteroatoms. The van der Waals surface area contributed by atoms with Crippen LogP contribution in [0.4, 0.5) is 5.69 Å². The zero-order chi connectivity index (χ0) is 12.4. The van der Waals surface area contributed by atoms with Crippen LogP contribution in [-0.4, -0.2) is 24.7 Å². The molecule has 18 heavy (non-hydrogen) atoms. The maximum Gasteiger partial charge on any atom is 0.251 e. The Bertz CT molecular complexity index is 661. The standard InChI is InChI=1S/C12H10N6/c13-10-4-1-3-9(7-10)11-16-8-18(17-11)12-14-5-2-6-15-12/h1-8H,13H2. The van der Waals surface area contributed by atoms with E-state index in [4.69, 9.17) is 5.73 Å². The van der Waals surface area contributed by atoms with Gasteiger partial charge in [0.25, 0.3) is 5.95 Å². The summed E-state index contributed by atoms with van der Waals surface area (Å²) in [6.07, 6.45) is 4.89. The molecule has 3 aromatic rings. The minimum atomic E-state index is 0.486. The third-order valence-corrected chi connectivity index (χ3v) is 2.39. The number of benzene rings is 1. The first-order chi connectivity index (χ1) is 8.83. The molecular weight excluding hydrogens is 228 g/mol. The third-order valence-electron chi connectivity index (χ3n) is 2.39. The van der Waals surface area contributed by atoms with Crippen molar-refractivity contribution in [3.05, 3.63) is 49.1 Å².